The van der Waals surface area contributed by atoms with Gasteiger partial charge in [0.15, 0.2) is 0 Å². The fourth-order valence-electron chi connectivity index (χ4n) is 6.15. The number of esters is 1. The lowest BCUT2D eigenvalue weighted by Crippen LogP contribution is -2.59. The number of hydrogen-bond acceptors (Lipinski definition) is 9. The Morgan fingerprint density at radius 3 is 2.79 bits per heavy atom. The van der Waals surface area contributed by atoms with Gasteiger partial charge in [0.1, 0.15) is 37.3 Å². The third kappa shape index (κ3) is 4.89. The fraction of sp³-hybridized carbons (Fsp3) is 0.379. The molecule has 4 bridgehead atoms. The first-order chi connectivity index (χ1) is 20.3. The van der Waals surface area contributed by atoms with Crippen LogP contribution in [0, 0.1) is 5.82 Å². The number of carbonyl (C=O) groups excluding carboxylic acids is 2. The first-order valence-electron chi connectivity index (χ1n) is 14.0. The van der Waals surface area contributed by atoms with Gasteiger partial charge in [0.2, 0.25) is 0 Å². The van der Waals surface area contributed by atoms with Gasteiger partial charge >= 0.3 is 5.97 Å². The lowest BCUT2D eigenvalue weighted by Gasteiger charge is -2.38. The van der Waals surface area contributed by atoms with Gasteiger partial charge in [-0.25, -0.2) is 8.98 Å². The molecule has 4 aliphatic heterocycles. The van der Waals surface area contributed by atoms with Crippen LogP contribution in [0.5, 0.6) is 0 Å². The molecule has 2 aromatic carbocycles. The SMILES string of the molecule is CNCC1=CN(CC(=O)OC)NN1.C[N+]12CCC(CC1)c1nn(CC=O)c3cccc(c13)-c1cc3c(cnn32)cc1F. The van der Waals surface area contributed by atoms with Crippen molar-refractivity contribution in [2.75, 3.05) is 47.4 Å². The number of rotatable bonds is 6. The van der Waals surface area contributed by atoms with E-state index in [9.17, 15) is 9.59 Å². The molecule has 0 radical (unpaired) electrons. The van der Waals surface area contributed by atoms with Crippen LogP contribution in [0.3, 0.4) is 0 Å². The molecule has 6 heterocycles. The van der Waals surface area contributed by atoms with Crippen molar-refractivity contribution in [3.63, 3.8) is 0 Å². The number of ether oxygens (including phenoxy) is 1. The second-order valence-corrected chi connectivity index (χ2v) is 11.0. The van der Waals surface area contributed by atoms with Crippen molar-refractivity contribution in [2.24, 2.45) is 0 Å². The molecular formula is C29H35FN9O3+. The first-order valence-corrected chi connectivity index (χ1v) is 14.0. The molecule has 8 rings (SSSR count). The van der Waals surface area contributed by atoms with Crippen molar-refractivity contribution in [2.45, 2.75) is 25.3 Å². The summed E-state index contributed by atoms with van der Waals surface area (Å²) < 4.78 is 22.2. The molecule has 220 valence electrons. The van der Waals surface area contributed by atoms with E-state index in [-0.39, 0.29) is 30.8 Å². The zero-order valence-corrected chi connectivity index (χ0v) is 23.9. The summed E-state index contributed by atoms with van der Waals surface area (Å²) in [7, 11) is 5.41. The van der Waals surface area contributed by atoms with Crippen molar-refractivity contribution >= 4 is 34.1 Å². The lowest BCUT2D eigenvalue weighted by atomic mass is 9.89. The monoisotopic (exact) mass is 576 g/mol. The molecule has 0 spiro atoms. The summed E-state index contributed by atoms with van der Waals surface area (Å²) in [5, 5.41) is 15.9. The molecule has 1 saturated heterocycles. The zero-order valence-electron chi connectivity index (χ0n) is 23.9. The van der Waals surface area contributed by atoms with Gasteiger partial charge in [0, 0.05) is 47.8 Å². The molecule has 0 unspecified atom stereocenters. The first kappa shape index (κ1) is 27.8. The second kappa shape index (κ2) is 11.2. The van der Waals surface area contributed by atoms with Gasteiger partial charge in [0.25, 0.3) is 0 Å². The third-order valence-corrected chi connectivity index (χ3v) is 8.31. The van der Waals surface area contributed by atoms with Crippen molar-refractivity contribution < 1.29 is 18.7 Å². The Kier molecular flexibility index (Phi) is 7.39. The summed E-state index contributed by atoms with van der Waals surface area (Å²) in [6, 6.07) is 9.36. The van der Waals surface area contributed by atoms with Gasteiger partial charge < -0.3 is 20.3 Å². The zero-order chi connectivity index (χ0) is 29.4. The number of methoxy groups -OCH3 is 1. The summed E-state index contributed by atoms with van der Waals surface area (Å²) >= 11 is 0. The van der Waals surface area contributed by atoms with E-state index in [1.165, 1.54) is 7.11 Å². The minimum absolute atomic E-state index is 0.191. The van der Waals surface area contributed by atoms with Crippen molar-refractivity contribution in [1.82, 2.24) is 45.5 Å². The van der Waals surface area contributed by atoms with E-state index in [0.717, 1.165) is 77.5 Å². The number of aromatic nitrogens is 4. The highest BCUT2D eigenvalue weighted by Gasteiger charge is 2.37. The number of nitrogens with zero attached hydrogens (tertiary/aromatic N) is 6. The van der Waals surface area contributed by atoms with Crippen LogP contribution in [0.25, 0.3) is 32.9 Å². The molecular weight excluding hydrogens is 541 g/mol. The number of nitrogens with one attached hydrogen (secondary N) is 3. The molecule has 13 heteroatoms. The molecule has 12 nitrogen and oxygen atoms in total. The standard InChI is InChI=1S/C22H21FN5O.C7H14N4O2/c1-28-8-5-14(6-9-28)22-21-16(3-2-4-19(21)26(25-22)7-10-29)17-12-20-15(11-18(17)23)13-24-27(20)28;1-8-3-6-4-11(10-9-6)5-7(12)13-2/h2-4,10-14H,5-9H2,1H3;4,8-10H,3,5H2,1-2H3/q+1;. The van der Waals surface area contributed by atoms with E-state index in [4.69, 9.17) is 5.10 Å². The molecule has 0 saturated carbocycles. The van der Waals surface area contributed by atoms with Crippen molar-refractivity contribution in [3.05, 3.63) is 59.9 Å². The van der Waals surface area contributed by atoms with E-state index in [1.807, 2.05) is 42.3 Å². The van der Waals surface area contributed by atoms with Crippen LogP contribution < -0.4 is 20.9 Å². The highest BCUT2D eigenvalue weighted by atomic mass is 19.1. The van der Waals surface area contributed by atoms with Gasteiger partial charge in [-0.2, -0.15) is 5.10 Å². The summed E-state index contributed by atoms with van der Waals surface area (Å²) in [5.41, 5.74) is 10.9. The van der Waals surface area contributed by atoms with E-state index in [0.29, 0.717) is 10.2 Å². The van der Waals surface area contributed by atoms with Gasteiger partial charge in [-0.05, 0) is 30.8 Å². The average Bonchev–Trinajstić information content (AvgIpc) is 3.71. The fourth-order valence-corrected chi connectivity index (χ4v) is 6.15. The molecule has 3 N–H and O–H groups in total. The Morgan fingerprint density at radius 2 is 2.05 bits per heavy atom. The summed E-state index contributed by atoms with van der Waals surface area (Å²) in [6.45, 7) is 2.98. The molecule has 4 aliphatic rings. The smallest absolute Gasteiger partial charge is 0.326 e. The van der Waals surface area contributed by atoms with Crippen molar-refractivity contribution in [3.8, 4) is 11.1 Å². The van der Waals surface area contributed by atoms with Crippen LogP contribution in [0.1, 0.15) is 24.5 Å². The molecule has 0 atom stereocenters. The van der Waals surface area contributed by atoms with E-state index in [2.05, 4.69) is 33.2 Å². The summed E-state index contributed by atoms with van der Waals surface area (Å²) in [4.78, 5) is 24.1. The molecule has 0 amide bonds. The second-order valence-electron chi connectivity index (χ2n) is 11.0. The predicted molar refractivity (Wildman–Crippen MR) is 157 cm³/mol. The maximum atomic E-state index is 15.2. The van der Waals surface area contributed by atoms with Crippen LogP contribution in [0.15, 0.2) is 48.4 Å². The van der Waals surface area contributed by atoms with E-state index >= 15 is 4.39 Å². The number of quaternary nitrogens is 1. The number of benzene rings is 2. The highest BCUT2D eigenvalue weighted by Crippen LogP contribution is 2.41. The molecule has 0 aliphatic carbocycles. The third-order valence-electron chi connectivity index (χ3n) is 8.31. The Balaban J connectivity index is 0.000000206. The summed E-state index contributed by atoms with van der Waals surface area (Å²) in [5.74, 6) is -0.262. The van der Waals surface area contributed by atoms with Crippen LogP contribution in [0.4, 0.5) is 4.39 Å². The molecule has 4 aromatic rings. The number of aldehydes is 1. The Bertz CT molecular complexity index is 1690. The van der Waals surface area contributed by atoms with Crippen LogP contribution in [-0.4, -0.2) is 84.3 Å². The number of carbonyl (C=O) groups is 2. The molecule has 2 aromatic heterocycles. The minimum atomic E-state index is -0.281. The topological polar surface area (TPSA) is 118 Å². The highest BCUT2D eigenvalue weighted by molar-refractivity contribution is 5.99. The summed E-state index contributed by atoms with van der Waals surface area (Å²) in [6.07, 6.45) is 6.38. The van der Waals surface area contributed by atoms with E-state index in [1.54, 1.807) is 22.0 Å². The quantitative estimate of drug-likeness (QED) is 0.180. The maximum absolute atomic E-state index is 15.2. The maximum Gasteiger partial charge on any atom is 0.326 e. The Morgan fingerprint density at radius 1 is 1.24 bits per heavy atom. The van der Waals surface area contributed by atoms with Crippen LogP contribution in [0.2, 0.25) is 0 Å². The van der Waals surface area contributed by atoms with Crippen molar-refractivity contribution in [1.29, 1.82) is 0 Å². The van der Waals surface area contributed by atoms with Gasteiger partial charge in [0.05, 0.1) is 43.8 Å². The number of hydrazine groups is 2. The number of piperidine rings is 1. The molecule has 42 heavy (non-hydrogen) atoms. The number of halogens is 1. The van der Waals surface area contributed by atoms with Gasteiger partial charge in [-0.3, -0.25) is 14.5 Å². The van der Waals surface area contributed by atoms with Gasteiger partial charge in [-0.1, -0.05) is 12.1 Å². The van der Waals surface area contributed by atoms with Gasteiger partial charge in [-0.15, -0.1) is 15.4 Å². The number of likely N-dealkylation sites (N-methyl/N-ethyl adjacent to an activating group) is 1. The van der Waals surface area contributed by atoms with Crippen LogP contribution in [-0.2, 0) is 20.9 Å². The number of fused-ring (bicyclic) bond motifs is 2. The lowest BCUT2D eigenvalue weighted by molar-refractivity contribution is -0.141. The van der Waals surface area contributed by atoms with Crippen LogP contribution >= 0.6 is 0 Å². The number of hydrogen-bond donors (Lipinski definition) is 3. The normalized spacial score (nSPS) is 20.6. The largest absolute Gasteiger partial charge is 0.468 e. The minimum Gasteiger partial charge on any atom is -0.468 e. The average molecular weight is 577 g/mol. The predicted octanol–water partition coefficient (Wildman–Crippen LogP) is 1.90. The van der Waals surface area contributed by atoms with E-state index < -0.39 is 0 Å². The Hall–Kier alpha value is -4.33. The molecule has 1 fully saturated rings. The Labute approximate surface area is 242 Å².